The molecule has 2 aromatic rings. The van der Waals surface area contributed by atoms with E-state index in [1.54, 1.807) is 49.8 Å². The van der Waals surface area contributed by atoms with Crippen molar-refractivity contribution in [3.05, 3.63) is 52.3 Å². The summed E-state index contributed by atoms with van der Waals surface area (Å²) in [4.78, 5) is 40.4. The Morgan fingerprint density at radius 3 is 2.41 bits per heavy atom. The molecule has 0 fully saturated rings. The second-order valence-corrected chi connectivity index (χ2v) is 7.40. The maximum Gasteiger partial charge on any atom is 0.354 e. The van der Waals surface area contributed by atoms with E-state index in [2.05, 4.69) is 0 Å². The van der Waals surface area contributed by atoms with E-state index in [1.165, 1.54) is 19.1 Å². The van der Waals surface area contributed by atoms with Crippen molar-refractivity contribution in [2.24, 2.45) is 0 Å². The van der Waals surface area contributed by atoms with E-state index in [0.717, 1.165) is 0 Å². The number of carbonyl (C=O) groups is 3. The molecule has 0 saturated carbocycles. The highest BCUT2D eigenvalue weighted by Crippen LogP contribution is 2.24. The molecule has 32 heavy (non-hydrogen) atoms. The van der Waals surface area contributed by atoms with Crippen LogP contribution in [0.3, 0.4) is 0 Å². The SMILES string of the molecule is CCn1c(C)c(C(=O)CN(CCCOC)C(=O)c2cccc(OC)c2)c(C)c1C(=O)OC. The predicted octanol–water partition coefficient (Wildman–Crippen LogP) is 3.28. The summed E-state index contributed by atoms with van der Waals surface area (Å²) in [6.07, 6.45) is 0.584. The first-order chi connectivity index (χ1) is 15.3. The Bertz CT molecular complexity index is 979. The third kappa shape index (κ3) is 5.37. The van der Waals surface area contributed by atoms with Crippen LogP contribution in [0.4, 0.5) is 0 Å². The Balaban J connectivity index is 2.39. The fourth-order valence-corrected chi connectivity index (χ4v) is 3.90. The molecule has 0 aliphatic carbocycles. The molecule has 0 aliphatic heterocycles. The topological polar surface area (TPSA) is 87.1 Å². The molecular formula is C24H32N2O6. The number of ether oxygens (including phenoxy) is 3. The largest absolute Gasteiger partial charge is 0.497 e. The van der Waals surface area contributed by atoms with Gasteiger partial charge in [0.05, 0.1) is 20.8 Å². The Kier molecular flexibility index (Phi) is 9.02. The average molecular weight is 445 g/mol. The highest BCUT2D eigenvalue weighted by Gasteiger charge is 2.28. The number of carbonyl (C=O) groups excluding carboxylic acids is 3. The van der Waals surface area contributed by atoms with Gasteiger partial charge in [-0.25, -0.2) is 4.79 Å². The molecule has 8 nitrogen and oxygen atoms in total. The van der Waals surface area contributed by atoms with Crippen molar-refractivity contribution in [2.45, 2.75) is 33.7 Å². The minimum Gasteiger partial charge on any atom is -0.497 e. The van der Waals surface area contributed by atoms with E-state index in [4.69, 9.17) is 14.2 Å². The van der Waals surface area contributed by atoms with Gasteiger partial charge < -0.3 is 23.7 Å². The molecule has 174 valence electrons. The van der Waals surface area contributed by atoms with Crippen molar-refractivity contribution in [1.29, 1.82) is 0 Å². The predicted molar refractivity (Wildman–Crippen MR) is 121 cm³/mol. The molecule has 2 rings (SSSR count). The van der Waals surface area contributed by atoms with Crippen molar-refractivity contribution in [3.8, 4) is 5.75 Å². The zero-order valence-electron chi connectivity index (χ0n) is 19.7. The first kappa shape index (κ1) is 25.1. The number of aromatic nitrogens is 1. The molecule has 1 aromatic heterocycles. The van der Waals surface area contributed by atoms with Crippen LogP contribution in [-0.2, 0) is 16.0 Å². The molecule has 0 unspecified atom stereocenters. The summed E-state index contributed by atoms with van der Waals surface area (Å²) in [7, 11) is 4.44. The summed E-state index contributed by atoms with van der Waals surface area (Å²) in [5, 5.41) is 0. The van der Waals surface area contributed by atoms with Crippen LogP contribution in [0.25, 0.3) is 0 Å². The molecule has 0 aliphatic rings. The quantitative estimate of drug-likeness (QED) is 0.300. The van der Waals surface area contributed by atoms with E-state index in [-0.39, 0.29) is 18.2 Å². The van der Waals surface area contributed by atoms with Crippen LogP contribution in [0, 0.1) is 13.8 Å². The van der Waals surface area contributed by atoms with Crippen LogP contribution in [0.2, 0.25) is 0 Å². The van der Waals surface area contributed by atoms with Gasteiger partial charge in [-0.2, -0.15) is 0 Å². The first-order valence-electron chi connectivity index (χ1n) is 10.5. The standard InChI is InChI=1S/C24H32N2O6/c1-7-26-17(3)21(16(2)22(26)24(29)32-6)20(27)15-25(12-9-13-30-4)23(28)18-10-8-11-19(14-18)31-5/h8,10-11,14H,7,9,12-13,15H2,1-6H3. The zero-order valence-corrected chi connectivity index (χ0v) is 19.7. The summed E-state index contributed by atoms with van der Waals surface area (Å²) < 4.78 is 17.0. The monoisotopic (exact) mass is 444 g/mol. The zero-order chi connectivity index (χ0) is 23.8. The van der Waals surface area contributed by atoms with Crippen LogP contribution >= 0.6 is 0 Å². The van der Waals surface area contributed by atoms with Crippen molar-refractivity contribution in [1.82, 2.24) is 9.47 Å². The van der Waals surface area contributed by atoms with Crippen LogP contribution in [0.15, 0.2) is 24.3 Å². The molecule has 8 heteroatoms. The Morgan fingerprint density at radius 1 is 1.09 bits per heavy atom. The van der Waals surface area contributed by atoms with Crippen molar-refractivity contribution in [2.75, 3.05) is 41.0 Å². The molecule has 0 atom stereocenters. The second kappa shape index (κ2) is 11.5. The number of ketones is 1. The van der Waals surface area contributed by atoms with Crippen LogP contribution in [-0.4, -0.2) is 68.2 Å². The van der Waals surface area contributed by atoms with Gasteiger partial charge in [0, 0.05) is 43.6 Å². The lowest BCUT2D eigenvalue weighted by molar-refractivity contribution is 0.0587. The van der Waals surface area contributed by atoms with Crippen LogP contribution in [0.5, 0.6) is 5.75 Å². The number of methoxy groups -OCH3 is 3. The summed E-state index contributed by atoms with van der Waals surface area (Å²) in [5.74, 6) is -0.429. The number of amides is 1. The molecule has 1 amide bonds. The maximum atomic E-state index is 13.4. The fourth-order valence-electron chi connectivity index (χ4n) is 3.90. The number of benzene rings is 1. The minimum absolute atomic E-state index is 0.115. The van der Waals surface area contributed by atoms with Gasteiger partial charge in [0.1, 0.15) is 11.4 Å². The molecule has 0 N–H and O–H groups in total. The lowest BCUT2D eigenvalue weighted by Crippen LogP contribution is -2.37. The summed E-state index contributed by atoms with van der Waals surface area (Å²) in [5.41, 5.74) is 2.49. The number of hydrogen-bond acceptors (Lipinski definition) is 6. The molecule has 0 spiro atoms. The maximum absolute atomic E-state index is 13.4. The molecular weight excluding hydrogens is 412 g/mol. The third-order valence-corrected chi connectivity index (χ3v) is 5.46. The van der Waals surface area contributed by atoms with Crippen molar-refractivity contribution >= 4 is 17.7 Å². The summed E-state index contributed by atoms with van der Waals surface area (Å²) in [6.45, 7) is 6.66. The normalized spacial score (nSPS) is 10.7. The van der Waals surface area contributed by atoms with Crippen molar-refractivity contribution in [3.63, 3.8) is 0 Å². The van der Waals surface area contributed by atoms with Gasteiger partial charge >= 0.3 is 5.97 Å². The van der Waals surface area contributed by atoms with Gasteiger partial charge in [0.25, 0.3) is 5.91 Å². The van der Waals surface area contributed by atoms with E-state index in [9.17, 15) is 14.4 Å². The number of esters is 1. The average Bonchev–Trinajstić information content (AvgIpc) is 3.06. The molecule has 1 heterocycles. The van der Waals surface area contributed by atoms with E-state index in [0.29, 0.717) is 59.9 Å². The van der Waals surface area contributed by atoms with E-state index >= 15 is 0 Å². The summed E-state index contributed by atoms with van der Waals surface area (Å²) in [6, 6.07) is 6.83. The van der Waals surface area contributed by atoms with Gasteiger partial charge in [-0.05, 0) is 51.0 Å². The lowest BCUT2D eigenvalue weighted by atomic mass is 10.0. The smallest absolute Gasteiger partial charge is 0.354 e. The highest BCUT2D eigenvalue weighted by molar-refractivity contribution is 6.06. The molecule has 0 saturated heterocycles. The van der Waals surface area contributed by atoms with Gasteiger partial charge in [-0.15, -0.1) is 0 Å². The van der Waals surface area contributed by atoms with E-state index < -0.39 is 5.97 Å². The molecule has 1 aromatic carbocycles. The first-order valence-corrected chi connectivity index (χ1v) is 10.5. The lowest BCUT2D eigenvalue weighted by Gasteiger charge is -2.22. The number of nitrogens with zero attached hydrogens (tertiary/aromatic N) is 2. The third-order valence-electron chi connectivity index (χ3n) is 5.46. The number of Topliss-reactive ketones (excluding diaryl/α,β-unsaturated/α-hetero) is 1. The van der Waals surface area contributed by atoms with Gasteiger partial charge in [0.15, 0.2) is 5.78 Å². The Labute approximate surface area is 189 Å². The van der Waals surface area contributed by atoms with Crippen LogP contribution in [0.1, 0.15) is 55.8 Å². The Hall–Kier alpha value is -3.13. The second-order valence-electron chi connectivity index (χ2n) is 7.40. The fraction of sp³-hybridized carbons (Fsp3) is 0.458. The molecule has 0 radical (unpaired) electrons. The molecule has 0 bridgehead atoms. The van der Waals surface area contributed by atoms with Gasteiger partial charge in [0.2, 0.25) is 0 Å². The van der Waals surface area contributed by atoms with Gasteiger partial charge in [-0.3, -0.25) is 9.59 Å². The van der Waals surface area contributed by atoms with Gasteiger partial charge in [-0.1, -0.05) is 6.07 Å². The summed E-state index contributed by atoms with van der Waals surface area (Å²) >= 11 is 0. The highest BCUT2D eigenvalue weighted by atomic mass is 16.5. The van der Waals surface area contributed by atoms with Crippen molar-refractivity contribution < 1.29 is 28.6 Å². The Morgan fingerprint density at radius 2 is 1.81 bits per heavy atom. The number of rotatable bonds is 11. The number of hydrogen-bond donors (Lipinski definition) is 0. The van der Waals surface area contributed by atoms with Crippen LogP contribution < -0.4 is 4.74 Å². The van der Waals surface area contributed by atoms with E-state index in [1.807, 2.05) is 6.92 Å². The minimum atomic E-state index is -0.490.